The Morgan fingerprint density at radius 1 is 1.07 bits per heavy atom. The number of nitrogens with one attached hydrogen (secondary N) is 2. The summed E-state index contributed by atoms with van der Waals surface area (Å²) in [6.07, 6.45) is 5.67. The molecule has 0 spiro atoms. The summed E-state index contributed by atoms with van der Waals surface area (Å²) in [6, 6.07) is 8.33. The molecule has 3 rings (SSSR count). The molecular formula is C22H33N3O2. The summed E-state index contributed by atoms with van der Waals surface area (Å²) in [5.74, 6) is -0.212. The third-order valence-electron chi connectivity index (χ3n) is 5.89. The SMILES string of the molecule is CCCNCCNC(=O)C1CCCCC1C(=O)N1c2ccccc2CC1C. The fourth-order valence-electron chi connectivity index (χ4n) is 4.53. The molecule has 27 heavy (non-hydrogen) atoms. The molecule has 2 aliphatic rings. The summed E-state index contributed by atoms with van der Waals surface area (Å²) in [5.41, 5.74) is 2.26. The minimum atomic E-state index is -0.198. The number of fused-ring (bicyclic) bond motifs is 1. The van der Waals surface area contributed by atoms with E-state index in [2.05, 4.69) is 30.5 Å². The van der Waals surface area contributed by atoms with Crippen molar-refractivity contribution in [3.8, 4) is 0 Å². The lowest BCUT2D eigenvalue weighted by Crippen LogP contribution is -2.48. The molecule has 1 saturated carbocycles. The van der Waals surface area contributed by atoms with Gasteiger partial charge in [0, 0.05) is 30.7 Å². The van der Waals surface area contributed by atoms with E-state index < -0.39 is 0 Å². The highest BCUT2D eigenvalue weighted by Gasteiger charge is 2.41. The zero-order chi connectivity index (χ0) is 19.2. The molecule has 2 N–H and O–H groups in total. The molecule has 3 atom stereocenters. The highest BCUT2D eigenvalue weighted by molar-refractivity contribution is 6.00. The van der Waals surface area contributed by atoms with Crippen LogP contribution in [0.2, 0.25) is 0 Å². The molecule has 2 amide bonds. The molecule has 5 heteroatoms. The molecule has 1 aliphatic heterocycles. The number of benzene rings is 1. The number of rotatable bonds is 7. The van der Waals surface area contributed by atoms with Crippen molar-refractivity contribution in [2.45, 2.75) is 58.4 Å². The van der Waals surface area contributed by atoms with E-state index in [1.165, 1.54) is 5.56 Å². The van der Waals surface area contributed by atoms with Crippen LogP contribution in [0.4, 0.5) is 5.69 Å². The van der Waals surface area contributed by atoms with Crippen molar-refractivity contribution < 1.29 is 9.59 Å². The topological polar surface area (TPSA) is 61.4 Å². The molecule has 0 saturated heterocycles. The van der Waals surface area contributed by atoms with Crippen LogP contribution in [-0.4, -0.2) is 37.5 Å². The van der Waals surface area contributed by atoms with Gasteiger partial charge in [0.1, 0.15) is 0 Å². The van der Waals surface area contributed by atoms with Crippen molar-refractivity contribution in [3.05, 3.63) is 29.8 Å². The van der Waals surface area contributed by atoms with E-state index in [0.717, 1.165) is 57.3 Å². The summed E-state index contributed by atoms with van der Waals surface area (Å²) in [7, 11) is 0. The lowest BCUT2D eigenvalue weighted by Gasteiger charge is -2.34. The van der Waals surface area contributed by atoms with Crippen LogP contribution in [0.25, 0.3) is 0 Å². The molecule has 1 heterocycles. The molecule has 1 aliphatic carbocycles. The number of anilines is 1. The predicted molar refractivity (Wildman–Crippen MR) is 109 cm³/mol. The van der Waals surface area contributed by atoms with Crippen LogP contribution < -0.4 is 15.5 Å². The Labute approximate surface area is 162 Å². The lowest BCUT2D eigenvalue weighted by molar-refractivity contribution is -0.135. The van der Waals surface area contributed by atoms with Gasteiger partial charge >= 0.3 is 0 Å². The van der Waals surface area contributed by atoms with Gasteiger partial charge < -0.3 is 15.5 Å². The van der Waals surface area contributed by atoms with E-state index in [4.69, 9.17) is 0 Å². The maximum Gasteiger partial charge on any atom is 0.231 e. The Morgan fingerprint density at radius 3 is 2.59 bits per heavy atom. The van der Waals surface area contributed by atoms with Crippen LogP contribution in [0.5, 0.6) is 0 Å². The lowest BCUT2D eigenvalue weighted by atomic mass is 9.77. The Bertz CT molecular complexity index is 661. The van der Waals surface area contributed by atoms with Gasteiger partial charge in [0.2, 0.25) is 11.8 Å². The molecule has 148 valence electrons. The number of hydrogen-bond donors (Lipinski definition) is 2. The van der Waals surface area contributed by atoms with E-state index >= 15 is 0 Å². The first-order valence-electron chi connectivity index (χ1n) is 10.5. The third-order valence-corrected chi connectivity index (χ3v) is 5.89. The number of nitrogens with zero attached hydrogens (tertiary/aromatic N) is 1. The van der Waals surface area contributed by atoms with Gasteiger partial charge in [0.15, 0.2) is 0 Å². The van der Waals surface area contributed by atoms with Crippen LogP contribution in [0, 0.1) is 11.8 Å². The van der Waals surface area contributed by atoms with Gasteiger partial charge in [0.05, 0.1) is 5.92 Å². The second kappa shape index (κ2) is 9.36. The van der Waals surface area contributed by atoms with Crippen molar-refractivity contribution in [2.75, 3.05) is 24.5 Å². The van der Waals surface area contributed by atoms with E-state index in [1.54, 1.807) is 0 Å². The van der Waals surface area contributed by atoms with Gasteiger partial charge in [-0.3, -0.25) is 9.59 Å². The monoisotopic (exact) mass is 371 g/mol. The molecule has 0 bridgehead atoms. The van der Waals surface area contributed by atoms with Crippen LogP contribution in [0.15, 0.2) is 24.3 Å². The number of hydrogen-bond acceptors (Lipinski definition) is 3. The Kier molecular flexibility index (Phi) is 6.89. The Hall–Kier alpha value is -1.88. The molecular weight excluding hydrogens is 338 g/mol. The van der Waals surface area contributed by atoms with Crippen molar-refractivity contribution in [1.29, 1.82) is 0 Å². The molecule has 5 nitrogen and oxygen atoms in total. The normalized spacial score (nSPS) is 24.5. The molecule has 3 unspecified atom stereocenters. The first-order chi connectivity index (χ1) is 13.1. The smallest absolute Gasteiger partial charge is 0.231 e. The number of carbonyl (C=O) groups excluding carboxylic acids is 2. The number of para-hydroxylation sites is 1. The highest BCUT2D eigenvalue weighted by Crippen LogP contribution is 2.38. The minimum Gasteiger partial charge on any atom is -0.355 e. The average Bonchev–Trinajstić information content (AvgIpc) is 3.02. The number of carbonyl (C=O) groups is 2. The standard InChI is InChI=1S/C22H33N3O2/c1-3-12-23-13-14-24-21(26)18-9-5-6-10-19(18)22(27)25-16(2)15-17-8-4-7-11-20(17)25/h4,7-8,11,16,18-19,23H,3,5-6,9-10,12-15H2,1-2H3,(H,24,26). The fraction of sp³-hybridized carbons (Fsp3) is 0.636. The van der Waals surface area contributed by atoms with Crippen LogP contribution in [-0.2, 0) is 16.0 Å². The molecule has 1 aromatic rings. The largest absolute Gasteiger partial charge is 0.355 e. The summed E-state index contributed by atoms with van der Waals surface area (Å²) in [6.45, 7) is 6.60. The van der Waals surface area contributed by atoms with Crippen molar-refractivity contribution in [1.82, 2.24) is 10.6 Å². The third kappa shape index (κ3) is 4.52. The van der Waals surface area contributed by atoms with Crippen molar-refractivity contribution in [2.24, 2.45) is 11.8 Å². The van der Waals surface area contributed by atoms with Crippen molar-refractivity contribution >= 4 is 17.5 Å². The second-order valence-corrected chi connectivity index (χ2v) is 7.93. The summed E-state index contributed by atoms with van der Waals surface area (Å²) >= 11 is 0. The number of amides is 2. The zero-order valence-electron chi connectivity index (χ0n) is 16.7. The van der Waals surface area contributed by atoms with Crippen molar-refractivity contribution in [3.63, 3.8) is 0 Å². The van der Waals surface area contributed by atoms with Crippen LogP contribution in [0.1, 0.15) is 51.5 Å². The molecule has 0 aromatic heterocycles. The van der Waals surface area contributed by atoms with Crippen LogP contribution >= 0.6 is 0 Å². The molecule has 1 aromatic carbocycles. The minimum absolute atomic E-state index is 0.0477. The maximum atomic E-state index is 13.4. The van der Waals surface area contributed by atoms with Gasteiger partial charge in [-0.15, -0.1) is 0 Å². The second-order valence-electron chi connectivity index (χ2n) is 7.93. The van der Waals surface area contributed by atoms with E-state index in [0.29, 0.717) is 6.54 Å². The van der Waals surface area contributed by atoms with E-state index in [-0.39, 0.29) is 29.7 Å². The first-order valence-corrected chi connectivity index (χ1v) is 10.5. The highest BCUT2D eigenvalue weighted by atomic mass is 16.2. The fourth-order valence-corrected chi connectivity index (χ4v) is 4.53. The summed E-state index contributed by atoms with van der Waals surface area (Å²) < 4.78 is 0. The van der Waals surface area contributed by atoms with Gasteiger partial charge in [-0.1, -0.05) is 38.0 Å². The van der Waals surface area contributed by atoms with Gasteiger partial charge in [-0.25, -0.2) is 0 Å². The first kappa shape index (κ1) is 19.9. The quantitative estimate of drug-likeness (QED) is 0.725. The van der Waals surface area contributed by atoms with Gasteiger partial charge in [-0.05, 0) is 50.8 Å². The van der Waals surface area contributed by atoms with E-state index in [1.807, 2.05) is 23.1 Å². The van der Waals surface area contributed by atoms with Gasteiger partial charge in [0.25, 0.3) is 0 Å². The maximum absolute atomic E-state index is 13.4. The van der Waals surface area contributed by atoms with E-state index in [9.17, 15) is 9.59 Å². The predicted octanol–water partition coefficient (Wildman–Crippen LogP) is 2.89. The summed E-state index contributed by atoms with van der Waals surface area (Å²) in [5, 5.41) is 6.34. The zero-order valence-corrected chi connectivity index (χ0v) is 16.7. The Balaban J connectivity index is 1.66. The molecule has 1 fully saturated rings. The molecule has 0 radical (unpaired) electrons. The summed E-state index contributed by atoms with van der Waals surface area (Å²) in [4.78, 5) is 28.2. The Morgan fingerprint density at radius 2 is 1.81 bits per heavy atom. The van der Waals surface area contributed by atoms with Crippen LogP contribution in [0.3, 0.4) is 0 Å². The average molecular weight is 372 g/mol. The van der Waals surface area contributed by atoms with Gasteiger partial charge in [-0.2, -0.15) is 0 Å².